The van der Waals surface area contributed by atoms with Gasteiger partial charge in [-0.15, -0.1) is 0 Å². The SMILES string of the molecule is O=C(c1cc(-c2[nH]c3ncc(Cl)cc3c2-c2cncnc2)c[nH]1)N1CCNCC1. The average molecular weight is 408 g/mol. The largest absolute Gasteiger partial charge is 0.357 e. The van der Waals surface area contributed by atoms with Gasteiger partial charge >= 0.3 is 0 Å². The van der Waals surface area contributed by atoms with E-state index in [-0.39, 0.29) is 5.91 Å². The summed E-state index contributed by atoms with van der Waals surface area (Å²) in [5.41, 5.74) is 4.70. The summed E-state index contributed by atoms with van der Waals surface area (Å²) in [7, 11) is 0. The van der Waals surface area contributed by atoms with Gasteiger partial charge in [-0.25, -0.2) is 15.0 Å². The monoisotopic (exact) mass is 407 g/mol. The highest BCUT2D eigenvalue weighted by molar-refractivity contribution is 6.31. The van der Waals surface area contributed by atoms with E-state index in [1.807, 2.05) is 23.2 Å². The number of halogens is 1. The van der Waals surface area contributed by atoms with Crippen LogP contribution in [0, 0.1) is 0 Å². The third-order valence-corrected chi connectivity index (χ3v) is 5.28. The molecule has 1 saturated heterocycles. The molecule has 0 saturated carbocycles. The van der Waals surface area contributed by atoms with Crippen LogP contribution in [0.15, 0.2) is 43.2 Å². The van der Waals surface area contributed by atoms with E-state index in [0.29, 0.717) is 29.5 Å². The number of piperazine rings is 1. The van der Waals surface area contributed by atoms with Crippen molar-refractivity contribution in [2.45, 2.75) is 0 Å². The lowest BCUT2D eigenvalue weighted by Gasteiger charge is -2.26. The highest BCUT2D eigenvalue weighted by Crippen LogP contribution is 2.38. The predicted molar refractivity (Wildman–Crippen MR) is 111 cm³/mol. The molecular formula is C20H18ClN7O. The summed E-state index contributed by atoms with van der Waals surface area (Å²) in [5.74, 6) is -0.000347. The van der Waals surface area contributed by atoms with Crippen molar-refractivity contribution in [1.82, 2.24) is 35.1 Å². The van der Waals surface area contributed by atoms with E-state index in [9.17, 15) is 4.79 Å². The highest BCUT2D eigenvalue weighted by atomic mass is 35.5. The molecule has 5 heterocycles. The van der Waals surface area contributed by atoms with Crippen LogP contribution in [0.25, 0.3) is 33.4 Å². The van der Waals surface area contributed by atoms with E-state index < -0.39 is 0 Å². The first kappa shape index (κ1) is 17.8. The van der Waals surface area contributed by atoms with Gasteiger partial charge in [0.25, 0.3) is 5.91 Å². The lowest BCUT2D eigenvalue weighted by atomic mass is 10.0. The Morgan fingerprint density at radius 2 is 1.86 bits per heavy atom. The molecule has 8 nitrogen and oxygen atoms in total. The molecule has 1 amide bonds. The molecule has 0 atom stereocenters. The number of hydrogen-bond donors (Lipinski definition) is 3. The standard InChI is InChI=1S/C20H18ClN7O/c21-14-6-15-17(13-7-23-11-24-8-13)18(27-19(15)26-10-14)12-5-16(25-9-12)20(29)28-3-1-22-2-4-28/h5-11,22,25H,1-4H2,(H,26,27). The third kappa shape index (κ3) is 3.26. The maximum Gasteiger partial charge on any atom is 0.270 e. The Hall–Kier alpha value is -3.23. The first-order chi connectivity index (χ1) is 14.2. The molecule has 1 fully saturated rings. The molecule has 0 radical (unpaired) electrons. The summed E-state index contributed by atoms with van der Waals surface area (Å²) >= 11 is 6.20. The normalized spacial score (nSPS) is 14.4. The van der Waals surface area contributed by atoms with E-state index in [2.05, 4.69) is 30.2 Å². The Morgan fingerprint density at radius 3 is 2.66 bits per heavy atom. The molecule has 1 aliphatic rings. The van der Waals surface area contributed by atoms with Gasteiger partial charge in [0.15, 0.2) is 0 Å². The van der Waals surface area contributed by atoms with Crippen molar-refractivity contribution in [3.05, 3.63) is 54.0 Å². The number of nitrogens with one attached hydrogen (secondary N) is 3. The lowest BCUT2D eigenvalue weighted by Crippen LogP contribution is -2.46. The van der Waals surface area contributed by atoms with Crippen molar-refractivity contribution >= 4 is 28.5 Å². The second kappa shape index (κ2) is 7.31. The first-order valence-electron chi connectivity index (χ1n) is 9.32. The van der Waals surface area contributed by atoms with E-state index in [4.69, 9.17) is 11.6 Å². The van der Waals surface area contributed by atoms with Crippen LogP contribution in [0.2, 0.25) is 5.02 Å². The van der Waals surface area contributed by atoms with E-state index >= 15 is 0 Å². The van der Waals surface area contributed by atoms with Crippen LogP contribution in [0.3, 0.4) is 0 Å². The Balaban J connectivity index is 1.60. The summed E-state index contributed by atoms with van der Waals surface area (Å²) in [6.07, 6.45) is 8.42. The minimum atomic E-state index is -0.000347. The van der Waals surface area contributed by atoms with E-state index in [0.717, 1.165) is 40.9 Å². The van der Waals surface area contributed by atoms with Crippen molar-refractivity contribution in [3.63, 3.8) is 0 Å². The van der Waals surface area contributed by atoms with Crippen LogP contribution < -0.4 is 5.32 Å². The van der Waals surface area contributed by atoms with Gasteiger partial charge in [0.2, 0.25) is 0 Å². The van der Waals surface area contributed by atoms with Crippen LogP contribution >= 0.6 is 11.6 Å². The van der Waals surface area contributed by atoms with Gasteiger partial charge in [0.05, 0.1) is 10.7 Å². The third-order valence-electron chi connectivity index (χ3n) is 5.07. The van der Waals surface area contributed by atoms with E-state index in [1.54, 1.807) is 18.6 Å². The number of H-pyrrole nitrogens is 2. The zero-order valence-electron chi connectivity index (χ0n) is 15.4. The van der Waals surface area contributed by atoms with Gasteiger partial charge in [0.1, 0.15) is 17.7 Å². The molecule has 146 valence electrons. The fourth-order valence-electron chi connectivity index (χ4n) is 3.69. The van der Waals surface area contributed by atoms with Gasteiger partial charge in [0, 0.05) is 73.0 Å². The van der Waals surface area contributed by atoms with Crippen LogP contribution in [0.4, 0.5) is 0 Å². The van der Waals surface area contributed by atoms with E-state index in [1.165, 1.54) is 6.33 Å². The maximum atomic E-state index is 12.8. The van der Waals surface area contributed by atoms with Gasteiger partial charge in [-0.05, 0) is 12.1 Å². The van der Waals surface area contributed by atoms with Gasteiger partial charge in [-0.3, -0.25) is 4.79 Å². The smallest absolute Gasteiger partial charge is 0.270 e. The molecule has 0 unspecified atom stereocenters. The molecule has 0 bridgehead atoms. The van der Waals surface area contributed by atoms with Crippen molar-refractivity contribution in [3.8, 4) is 22.4 Å². The van der Waals surface area contributed by atoms with Crippen molar-refractivity contribution in [1.29, 1.82) is 0 Å². The van der Waals surface area contributed by atoms with Crippen LogP contribution in [0.1, 0.15) is 10.5 Å². The molecule has 0 aliphatic carbocycles. The van der Waals surface area contributed by atoms with Crippen LogP contribution in [-0.4, -0.2) is 61.9 Å². The number of amides is 1. The summed E-state index contributed by atoms with van der Waals surface area (Å²) in [6.45, 7) is 3.03. The van der Waals surface area contributed by atoms with Crippen molar-refractivity contribution < 1.29 is 4.79 Å². The van der Waals surface area contributed by atoms with Crippen LogP contribution in [0.5, 0.6) is 0 Å². The number of carbonyl (C=O) groups is 1. The topological polar surface area (TPSA) is 103 Å². The zero-order chi connectivity index (χ0) is 19.8. The van der Waals surface area contributed by atoms with Crippen molar-refractivity contribution in [2.24, 2.45) is 0 Å². The minimum absolute atomic E-state index is 0.000347. The molecule has 4 aromatic rings. The predicted octanol–water partition coefficient (Wildman–Crippen LogP) is 2.71. The quantitative estimate of drug-likeness (QED) is 0.484. The Bertz CT molecular complexity index is 1180. The number of hydrogen-bond acceptors (Lipinski definition) is 5. The number of aromatic amines is 2. The van der Waals surface area contributed by atoms with Crippen LogP contribution in [-0.2, 0) is 0 Å². The zero-order valence-corrected chi connectivity index (χ0v) is 16.2. The molecule has 5 rings (SSSR count). The van der Waals surface area contributed by atoms with Crippen molar-refractivity contribution in [2.75, 3.05) is 26.2 Å². The Labute approximate surface area is 171 Å². The number of pyridine rings is 1. The summed E-state index contributed by atoms with van der Waals surface area (Å²) in [5, 5.41) is 4.68. The second-order valence-corrected chi connectivity index (χ2v) is 7.33. The molecule has 4 aromatic heterocycles. The molecule has 9 heteroatoms. The molecular weight excluding hydrogens is 390 g/mol. The number of rotatable bonds is 3. The van der Waals surface area contributed by atoms with Gasteiger partial charge < -0.3 is 20.2 Å². The molecule has 3 N–H and O–H groups in total. The summed E-state index contributed by atoms with van der Waals surface area (Å²) in [4.78, 5) is 33.9. The fraction of sp³-hybridized carbons (Fsp3) is 0.200. The summed E-state index contributed by atoms with van der Waals surface area (Å²) in [6, 6.07) is 3.73. The molecule has 29 heavy (non-hydrogen) atoms. The fourth-order valence-corrected chi connectivity index (χ4v) is 3.85. The first-order valence-corrected chi connectivity index (χ1v) is 9.70. The average Bonchev–Trinajstić information content (AvgIpc) is 3.39. The number of aromatic nitrogens is 5. The highest BCUT2D eigenvalue weighted by Gasteiger charge is 2.22. The molecule has 1 aliphatic heterocycles. The minimum Gasteiger partial charge on any atom is -0.357 e. The number of fused-ring (bicyclic) bond motifs is 1. The Morgan fingerprint density at radius 1 is 1.07 bits per heavy atom. The second-order valence-electron chi connectivity index (χ2n) is 6.90. The maximum absolute atomic E-state index is 12.8. The number of nitrogens with zero attached hydrogens (tertiary/aromatic N) is 4. The lowest BCUT2D eigenvalue weighted by molar-refractivity contribution is 0.0730. The van der Waals surface area contributed by atoms with Gasteiger partial charge in [-0.2, -0.15) is 0 Å². The summed E-state index contributed by atoms with van der Waals surface area (Å²) < 4.78 is 0. The molecule has 0 aromatic carbocycles. The number of carbonyl (C=O) groups excluding carboxylic acids is 1. The van der Waals surface area contributed by atoms with Gasteiger partial charge in [-0.1, -0.05) is 11.6 Å². The Kier molecular flexibility index (Phi) is 4.49. The molecule has 0 spiro atoms.